The number of nitrogens with one attached hydrogen (secondary N) is 1. The summed E-state index contributed by atoms with van der Waals surface area (Å²) >= 11 is 0. The van der Waals surface area contributed by atoms with Gasteiger partial charge in [-0.1, -0.05) is 27.2 Å². The molecule has 0 aliphatic heterocycles. The average molecular weight is 275 g/mol. The van der Waals surface area contributed by atoms with Crippen LogP contribution in [-0.2, 0) is 14.3 Å². The van der Waals surface area contributed by atoms with Gasteiger partial charge in [0.2, 0.25) is 0 Å². The topological polar surface area (TPSA) is 64.6 Å². The predicted octanol–water partition coefficient (Wildman–Crippen LogP) is 3.27. The normalized spacial score (nSPS) is 11.7. The van der Waals surface area contributed by atoms with Gasteiger partial charge in [0.15, 0.2) is 0 Å². The van der Waals surface area contributed by atoms with Gasteiger partial charge in [0.25, 0.3) is 0 Å². The van der Waals surface area contributed by atoms with E-state index in [0.717, 1.165) is 6.42 Å². The Bertz CT molecular complexity index is 259. The Hall–Kier alpha value is -1.26. The van der Waals surface area contributed by atoms with Crippen molar-refractivity contribution < 1.29 is 19.1 Å². The molecule has 114 valence electrons. The molecule has 0 unspecified atom stereocenters. The van der Waals surface area contributed by atoms with Crippen LogP contribution in [0.3, 0.4) is 0 Å². The second-order valence-corrected chi connectivity index (χ2v) is 4.91. The van der Waals surface area contributed by atoms with Gasteiger partial charge in [-0.05, 0) is 27.2 Å². The Morgan fingerprint density at radius 1 is 1.21 bits per heavy atom. The van der Waals surface area contributed by atoms with Gasteiger partial charge >= 0.3 is 12.1 Å². The first-order chi connectivity index (χ1) is 8.78. The number of carbonyl (C=O) groups is 2. The summed E-state index contributed by atoms with van der Waals surface area (Å²) in [6.07, 6.45) is 1.26. The first-order valence-corrected chi connectivity index (χ1v) is 6.84. The van der Waals surface area contributed by atoms with Crippen molar-refractivity contribution in [3.63, 3.8) is 0 Å². The van der Waals surface area contributed by atoms with Crippen LogP contribution < -0.4 is 5.32 Å². The third kappa shape index (κ3) is 13.0. The van der Waals surface area contributed by atoms with Crippen molar-refractivity contribution in [2.24, 2.45) is 0 Å². The molecule has 0 bridgehead atoms. The van der Waals surface area contributed by atoms with E-state index in [1.165, 1.54) is 7.11 Å². The van der Waals surface area contributed by atoms with Crippen molar-refractivity contribution in [2.75, 3.05) is 7.11 Å². The molecule has 0 aliphatic carbocycles. The quantitative estimate of drug-likeness (QED) is 0.782. The Morgan fingerprint density at radius 3 is 2.11 bits per heavy atom. The fourth-order valence-electron chi connectivity index (χ4n) is 1.33. The third-order valence-corrected chi connectivity index (χ3v) is 2.00. The molecule has 0 saturated heterocycles. The van der Waals surface area contributed by atoms with Crippen LogP contribution in [0.5, 0.6) is 0 Å². The maximum atomic E-state index is 11.5. The summed E-state index contributed by atoms with van der Waals surface area (Å²) in [4.78, 5) is 22.7. The lowest BCUT2D eigenvalue weighted by molar-refractivity contribution is -0.141. The van der Waals surface area contributed by atoms with E-state index in [1.54, 1.807) is 20.8 Å². The molecule has 5 heteroatoms. The summed E-state index contributed by atoms with van der Waals surface area (Å²) in [7, 11) is 1.33. The Morgan fingerprint density at radius 2 is 1.74 bits per heavy atom. The fraction of sp³-hybridized carbons (Fsp3) is 0.857. The minimum atomic E-state index is -0.536. The summed E-state index contributed by atoms with van der Waals surface area (Å²) < 4.78 is 9.71. The number of rotatable bonds is 5. The fourth-order valence-corrected chi connectivity index (χ4v) is 1.33. The molecule has 0 aromatic rings. The van der Waals surface area contributed by atoms with Crippen molar-refractivity contribution in [1.82, 2.24) is 5.32 Å². The Kier molecular flexibility index (Phi) is 11.2. The van der Waals surface area contributed by atoms with Crippen LogP contribution in [0.15, 0.2) is 0 Å². The van der Waals surface area contributed by atoms with E-state index in [-0.39, 0.29) is 18.4 Å². The van der Waals surface area contributed by atoms with Crippen LogP contribution in [0.1, 0.15) is 60.8 Å². The Labute approximate surface area is 117 Å². The van der Waals surface area contributed by atoms with Gasteiger partial charge in [0.05, 0.1) is 13.5 Å². The van der Waals surface area contributed by atoms with Crippen molar-refractivity contribution in [3.8, 4) is 0 Å². The lowest BCUT2D eigenvalue weighted by Gasteiger charge is -2.23. The maximum Gasteiger partial charge on any atom is 0.407 e. The van der Waals surface area contributed by atoms with E-state index in [1.807, 2.05) is 20.8 Å². The molecule has 1 amide bonds. The van der Waals surface area contributed by atoms with Crippen LogP contribution in [-0.4, -0.2) is 30.8 Å². The first-order valence-electron chi connectivity index (χ1n) is 6.84. The molecule has 0 aromatic heterocycles. The highest BCUT2D eigenvalue weighted by atomic mass is 16.6. The molecule has 0 saturated carbocycles. The lowest BCUT2D eigenvalue weighted by Crippen LogP contribution is -2.40. The minimum absolute atomic E-state index is 0.170. The molecule has 19 heavy (non-hydrogen) atoms. The summed E-state index contributed by atoms with van der Waals surface area (Å²) in [5, 5.41) is 2.68. The summed E-state index contributed by atoms with van der Waals surface area (Å²) in [5.41, 5.74) is -0.536. The number of hydrogen-bond acceptors (Lipinski definition) is 4. The Balaban J connectivity index is 0. The number of alkyl carbamates (subject to hydrolysis) is 1. The summed E-state index contributed by atoms with van der Waals surface area (Å²) in [6, 6.07) is -0.234. The molecular formula is C14H29NO4. The summed E-state index contributed by atoms with van der Waals surface area (Å²) in [5.74, 6) is -0.334. The standard InChI is InChI=1S/C12H23NO4.C2H6/c1-6-7-9(8-10(14)16-5)13-11(15)17-12(2,3)4;1-2/h9H,6-8H2,1-5H3,(H,13,15);1-2H3/t9-;/m0./s1. The van der Waals surface area contributed by atoms with Gasteiger partial charge in [0.1, 0.15) is 5.60 Å². The second-order valence-electron chi connectivity index (χ2n) is 4.91. The number of ether oxygens (including phenoxy) is 2. The van der Waals surface area contributed by atoms with Crippen LogP contribution >= 0.6 is 0 Å². The second kappa shape index (κ2) is 10.6. The van der Waals surface area contributed by atoms with E-state index in [9.17, 15) is 9.59 Å². The molecule has 0 fully saturated rings. The third-order valence-electron chi connectivity index (χ3n) is 2.00. The van der Waals surface area contributed by atoms with E-state index in [2.05, 4.69) is 10.1 Å². The molecule has 0 rings (SSSR count). The van der Waals surface area contributed by atoms with Crippen LogP contribution in [0.2, 0.25) is 0 Å². The highest BCUT2D eigenvalue weighted by molar-refractivity contribution is 5.72. The van der Waals surface area contributed by atoms with Gasteiger partial charge in [0, 0.05) is 6.04 Å². The first kappa shape index (κ1) is 20.1. The van der Waals surface area contributed by atoms with Crippen molar-refractivity contribution in [1.29, 1.82) is 0 Å². The molecule has 1 atom stereocenters. The zero-order chi connectivity index (χ0) is 15.5. The number of carbonyl (C=O) groups excluding carboxylic acids is 2. The monoisotopic (exact) mass is 275 g/mol. The van der Waals surface area contributed by atoms with E-state index in [0.29, 0.717) is 6.42 Å². The van der Waals surface area contributed by atoms with Crippen LogP contribution in [0.4, 0.5) is 4.79 Å². The zero-order valence-electron chi connectivity index (χ0n) is 13.3. The molecule has 5 nitrogen and oxygen atoms in total. The van der Waals surface area contributed by atoms with Gasteiger partial charge in [-0.25, -0.2) is 4.79 Å². The highest BCUT2D eigenvalue weighted by Crippen LogP contribution is 2.09. The lowest BCUT2D eigenvalue weighted by atomic mass is 10.1. The maximum absolute atomic E-state index is 11.5. The van der Waals surface area contributed by atoms with E-state index in [4.69, 9.17) is 4.74 Å². The molecule has 0 radical (unpaired) electrons. The van der Waals surface area contributed by atoms with Gasteiger partial charge in [-0.2, -0.15) is 0 Å². The van der Waals surface area contributed by atoms with E-state index < -0.39 is 11.7 Å². The minimum Gasteiger partial charge on any atom is -0.469 e. The van der Waals surface area contributed by atoms with Crippen LogP contribution in [0, 0.1) is 0 Å². The van der Waals surface area contributed by atoms with Gasteiger partial charge in [-0.3, -0.25) is 4.79 Å². The van der Waals surface area contributed by atoms with Crippen molar-refractivity contribution in [2.45, 2.75) is 72.4 Å². The molecular weight excluding hydrogens is 246 g/mol. The largest absolute Gasteiger partial charge is 0.469 e. The van der Waals surface area contributed by atoms with Gasteiger partial charge < -0.3 is 14.8 Å². The van der Waals surface area contributed by atoms with Crippen molar-refractivity contribution >= 4 is 12.1 Å². The number of esters is 1. The SMILES string of the molecule is CC.CCC[C@@H](CC(=O)OC)NC(=O)OC(C)(C)C. The van der Waals surface area contributed by atoms with Crippen molar-refractivity contribution in [3.05, 3.63) is 0 Å². The van der Waals surface area contributed by atoms with Gasteiger partial charge in [-0.15, -0.1) is 0 Å². The predicted molar refractivity (Wildman–Crippen MR) is 76.0 cm³/mol. The average Bonchev–Trinajstić information content (AvgIpc) is 2.29. The molecule has 1 N–H and O–H groups in total. The smallest absolute Gasteiger partial charge is 0.407 e. The summed E-state index contributed by atoms with van der Waals surface area (Å²) in [6.45, 7) is 11.4. The molecule has 0 aliphatic rings. The van der Waals surface area contributed by atoms with Crippen LogP contribution in [0.25, 0.3) is 0 Å². The zero-order valence-corrected chi connectivity index (χ0v) is 13.3. The number of amides is 1. The molecule has 0 spiro atoms. The number of methoxy groups -OCH3 is 1. The number of hydrogen-bond donors (Lipinski definition) is 1. The highest BCUT2D eigenvalue weighted by Gasteiger charge is 2.20. The van der Waals surface area contributed by atoms with E-state index >= 15 is 0 Å². The molecule has 0 aromatic carbocycles. The molecule has 0 heterocycles.